The van der Waals surface area contributed by atoms with E-state index in [1.54, 1.807) is 6.07 Å². The van der Waals surface area contributed by atoms with E-state index in [-0.39, 0.29) is 21.6 Å². The molecule has 7 rings (SSSR count). The molecular formula is C27H32N4O4S2. The number of hydrogen-bond donors (Lipinski definition) is 3. The van der Waals surface area contributed by atoms with E-state index < -0.39 is 20.0 Å². The minimum atomic E-state index is -4.06. The normalized spacial score (nSPS) is 32.9. The fraction of sp³-hybridized carbons (Fsp3) is 0.519. The first kappa shape index (κ1) is 23.8. The molecule has 0 spiro atoms. The van der Waals surface area contributed by atoms with Crippen molar-refractivity contribution in [2.24, 2.45) is 44.9 Å². The van der Waals surface area contributed by atoms with Gasteiger partial charge in [0, 0.05) is 11.1 Å². The summed E-state index contributed by atoms with van der Waals surface area (Å²) in [5.41, 5.74) is 4.98. The predicted octanol–water partition coefficient (Wildman–Crippen LogP) is 3.48. The van der Waals surface area contributed by atoms with E-state index in [0.29, 0.717) is 40.5 Å². The van der Waals surface area contributed by atoms with Gasteiger partial charge in [0.15, 0.2) is 0 Å². The van der Waals surface area contributed by atoms with Gasteiger partial charge in [-0.15, -0.1) is 0 Å². The molecule has 37 heavy (non-hydrogen) atoms. The highest BCUT2D eigenvalue weighted by molar-refractivity contribution is 7.89. The van der Waals surface area contributed by atoms with Crippen molar-refractivity contribution in [3.8, 4) is 11.1 Å². The summed E-state index contributed by atoms with van der Waals surface area (Å²) < 4.78 is 51.3. The zero-order valence-corrected chi connectivity index (χ0v) is 22.2. The summed E-state index contributed by atoms with van der Waals surface area (Å²) in [6.45, 7) is 0. The summed E-state index contributed by atoms with van der Waals surface area (Å²) in [5, 5.41) is 15.6. The summed E-state index contributed by atoms with van der Waals surface area (Å²) >= 11 is 0. The van der Waals surface area contributed by atoms with Crippen LogP contribution in [0.3, 0.4) is 0 Å². The molecule has 4 fully saturated rings. The quantitative estimate of drug-likeness (QED) is 0.341. The maximum absolute atomic E-state index is 13.5. The Morgan fingerprint density at radius 1 is 0.730 bits per heavy atom. The second kappa shape index (κ2) is 7.88. The van der Waals surface area contributed by atoms with Gasteiger partial charge in [-0.3, -0.25) is 0 Å². The molecule has 4 bridgehead atoms. The number of rotatable bonds is 4. The van der Waals surface area contributed by atoms with E-state index >= 15 is 0 Å². The summed E-state index contributed by atoms with van der Waals surface area (Å²) in [6, 6.07) is 6.76. The molecule has 0 aromatic heterocycles. The second-order valence-electron chi connectivity index (χ2n) is 12.0. The van der Waals surface area contributed by atoms with Gasteiger partial charge >= 0.3 is 0 Å². The van der Waals surface area contributed by atoms with Crippen molar-refractivity contribution < 1.29 is 16.8 Å². The molecular weight excluding hydrogens is 508 g/mol. The highest BCUT2D eigenvalue weighted by Crippen LogP contribution is 2.60. The molecule has 0 heterocycles. The molecule has 2 aromatic carbocycles. The van der Waals surface area contributed by atoms with Crippen LogP contribution in [0, 0.1) is 23.7 Å². The molecule has 6 atom stereocenters. The summed E-state index contributed by atoms with van der Waals surface area (Å²) in [7, 11) is -8.00. The molecule has 5 aliphatic rings. The van der Waals surface area contributed by atoms with E-state index in [2.05, 4.69) is 5.10 Å². The third-order valence-corrected chi connectivity index (χ3v) is 12.0. The third kappa shape index (κ3) is 3.48. The van der Waals surface area contributed by atoms with Gasteiger partial charge in [-0.05, 0) is 114 Å². The van der Waals surface area contributed by atoms with Crippen LogP contribution in [-0.2, 0) is 20.0 Å². The fourth-order valence-electron chi connectivity index (χ4n) is 8.75. The van der Waals surface area contributed by atoms with E-state index in [4.69, 9.17) is 16.1 Å². The van der Waals surface area contributed by atoms with Crippen LogP contribution in [0.15, 0.2) is 39.2 Å². The SMILES string of the molecule is NN=C1c2cc(S(N)(=O)=O)ccc2-c2cc(C3CC4CCC3C4)c(S(N)(=O)=O)c(C3CC4CCC3C4)c21. The number of benzene rings is 2. The van der Waals surface area contributed by atoms with Crippen molar-refractivity contribution in [2.75, 3.05) is 0 Å². The molecule has 0 radical (unpaired) electrons. The lowest BCUT2D eigenvalue weighted by Crippen LogP contribution is -2.25. The lowest BCUT2D eigenvalue weighted by atomic mass is 9.76. The number of nitrogens with two attached hydrogens (primary N) is 3. The summed E-state index contributed by atoms with van der Waals surface area (Å²) in [6.07, 6.45) is 8.72. The van der Waals surface area contributed by atoms with Gasteiger partial charge in [-0.25, -0.2) is 27.1 Å². The Hall–Kier alpha value is -2.27. The lowest BCUT2D eigenvalue weighted by molar-refractivity contribution is 0.402. The second-order valence-corrected chi connectivity index (χ2v) is 15.0. The number of hydrazone groups is 1. The highest BCUT2D eigenvalue weighted by Gasteiger charge is 2.48. The van der Waals surface area contributed by atoms with Crippen LogP contribution in [0.1, 0.15) is 85.5 Å². The summed E-state index contributed by atoms with van der Waals surface area (Å²) in [4.78, 5) is 0.253. The minimum Gasteiger partial charge on any atom is -0.323 e. The van der Waals surface area contributed by atoms with Crippen molar-refractivity contribution in [2.45, 2.75) is 73.0 Å². The van der Waals surface area contributed by atoms with Gasteiger partial charge in [0.25, 0.3) is 0 Å². The molecule has 6 unspecified atom stereocenters. The number of fused-ring (bicyclic) bond motifs is 7. The van der Waals surface area contributed by atoms with Crippen LogP contribution < -0.4 is 16.1 Å². The van der Waals surface area contributed by atoms with Crippen molar-refractivity contribution >= 4 is 25.8 Å². The Bertz CT molecular complexity index is 1600. The Balaban J connectivity index is 1.55. The van der Waals surface area contributed by atoms with Crippen LogP contribution in [0.2, 0.25) is 0 Å². The molecule has 5 aliphatic carbocycles. The topological polar surface area (TPSA) is 159 Å². The molecule has 0 amide bonds. The third-order valence-electron chi connectivity index (χ3n) is 10.1. The van der Waals surface area contributed by atoms with E-state index in [0.717, 1.165) is 60.8 Å². The molecule has 0 aliphatic heterocycles. The van der Waals surface area contributed by atoms with Gasteiger partial charge in [0.05, 0.1) is 15.5 Å². The van der Waals surface area contributed by atoms with E-state index in [9.17, 15) is 16.8 Å². The predicted molar refractivity (Wildman–Crippen MR) is 141 cm³/mol. The fourth-order valence-corrected chi connectivity index (χ4v) is 10.4. The lowest BCUT2D eigenvalue weighted by Gasteiger charge is -2.31. The number of hydrogen-bond acceptors (Lipinski definition) is 6. The van der Waals surface area contributed by atoms with Gasteiger partial charge in [-0.2, -0.15) is 5.10 Å². The van der Waals surface area contributed by atoms with Crippen molar-refractivity contribution in [1.82, 2.24) is 0 Å². The van der Waals surface area contributed by atoms with E-state index in [1.807, 2.05) is 6.07 Å². The molecule has 6 N–H and O–H groups in total. The molecule has 10 heteroatoms. The van der Waals surface area contributed by atoms with Crippen LogP contribution in [0.4, 0.5) is 0 Å². The zero-order valence-electron chi connectivity index (χ0n) is 20.6. The number of primary sulfonamides is 2. The van der Waals surface area contributed by atoms with Gasteiger partial charge < -0.3 is 5.84 Å². The number of nitrogens with zero attached hydrogens (tertiary/aromatic N) is 1. The Morgan fingerprint density at radius 3 is 1.89 bits per heavy atom. The highest BCUT2D eigenvalue weighted by atomic mass is 32.2. The zero-order chi connectivity index (χ0) is 25.9. The molecule has 196 valence electrons. The summed E-state index contributed by atoms with van der Waals surface area (Å²) in [5.74, 6) is 8.25. The van der Waals surface area contributed by atoms with Crippen LogP contribution in [-0.4, -0.2) is 22.5 Å². The van der Waals surface area contributed by atoms with E-state index in [1.165, 1.54) is 25.0 Å². The maximum atomic E-state index is 13.5. The first-order valence-electron chi connectivity index (χ1n) is 13.2. The molecule has 8 nitrogen and oxygen atoms in total. The maximum Gasteiger partial charge on any atom is 0.238 e. The average molecular weight is 541 g/mol. The monoisotopic (exact) mass is 540 g/mol. The average Bonchev–Trinajstić information content (AvgIpc) is 3.67. The molecule has 0 saturated heterocycles. The van der Waals surface area contributed by atoms with Gasteiger partial charge in [-0.1, -0.05) is 18.9 Å². The van der Waals surface area contributed by atoms with Crippen molar-refractivity contribution in [3.05, 3.63) is 46.5 Å². The first-order valence-corrected chi connectivity index (χ1v) is 16.3. The van der Waals surface area contributed by atoms with Gasteiger partial charge in [0.2, 0.25) is 20.0 Å². The Labute approximate surface area is 217 Å². The molecule has 4 saturated carbocycles. The standard InChI is InChI=1S/C27H32N4O4S2/c28-31-26-22-11-17(36(29,32)33)5-6-18(22)21-12-23(19-9-13-1-3-15(19)7-13)27(37(30,34)35)25(24(21)26)20-10-14-2-4-16(20)8-14/h5-6,11-16,19-20H,1-4,7-10,28H2,(H2,29,32,33)(H2,30,34,35). The smallest absolute Gasteiger partial charge is 0.238 e. The van der Waals surface area contributed by atoms with Crippen LogP contribution >= 0.6 is 0 Å². The number of sulfonamides is 2. The van der Waals surface area contributed by atoms with Crippen LogP contribution in [0.5, 0.6) is 0 Å². The largest absolute Gasteiger partial charge is 0.323 e. The van der Waals surface area contributed by atoms with Gasteiger partial charge in [0.1, 0.15) is 0 Å². The Morgan fingerprint density at radius 2 is 1.38 bits per heavy atom. The van der Waals surface area contributed by atoms with Crippen LogP contribution in [0.25, 0.3) is 11.1 Å². The van der Waals surface area contributed by atoms with Crippen molar-refractivity contribution in [3.63, 3.8) is 0 Å². The van der Waals surface area contributed by atoms with Crippen molar-refractivity contribution in [1.29, 1.82) is 0 Å². The Kier molecular flexibility index (Phi) is 5.07. The minimum absolute atomic E-state index is 0.0262. The molecule has 2 aromatic rings. The first-order chi connectivity index (χ1) is 17.5.